The van der Waals surface area contributed by atoms with Gasteiger partial charge < -0.3 is 14.6 Å². The van der Waals surface area contributed by atoms with Crippen molar-refractivity contribution in [3.05, 3.63) is 35.9 Å². The average Bonchev–Trinajstić information content (AvgIpc) is 2.90. The number of thioether (sulfide) groups is 1. The van der Waals surface area contributed by atoms with E-state index in [0.717, 1.165) is 0 Å². The summed E-state index contributed by atoms with van der Waals surface area (Å²) in [6.07, 6.45) is 0.0106. The maximum atomic E-state index is 8.67. The van der Waals surface area contributed by atoms with Crippen LogP contribution in [-0.2, 0) is 9.47 Å². The number of aliphatic hydroxyl groups excluding tert-OH is 1. The molecule has 4 nitrogen and oxygen atoms in total. The number of nitrogens with zero attached hydrogens (tertiary/aromatic N) is 1. The smallest absolute Gasteiger partial charge is 0.0969 e. The Morgan fingerprint density at radius 3 is 2.70 bits per heavy atom. The van der Waals surface area contributed by atoms with Crippen molar-refractivity contribution >= 4 is 17.3 Å². The molecule has 0 aromatic heterocycles. The van der Waals surface area contributed by atoms with Crippen LogP contribution in [0.5, 0.6) is 0 Å². The molecular formula is C15H21NO3S. The number of rotatable bonds is 8. The first kappa shape index (κ1) is 15.5. The van der Waals surface area contributed by atoms with E-state index in [1.807, 2.05) is 23.7 Å². The highest BCUT2D eigenvalue weighted by Crippen LogP contribution is 2.35. The SMILES string of the molecule is CC1N=CSC1C(OCCOCCO)c1ccccc1. The van der Waals surface area contributed by atoms with Crippen LogP contribution < -0.4 is 0 Å². The van der Waals surface area contributed by atoms with E-state index in [0.29, 0.717) is 25.1 Å². The molecule has 1 aliphatic rings. The Morgan fingerprint density at radius 1 is 1.25 bits per heavy atom. The Balaban J connectivity index is 1.94. The van der Waals surface area contributed by atoms with Crippen LogP contribution in [-0.4, -0.2) is 48.4 Å². The van der Waals surface area contributed by atoms with Gasteiger partial charge in [0.05, 0.1) is 49.4 Å². The lowest BCUT2D eigenvalue weighted by Crippen LogP contribution is -2.26. The van der Waals surface area contributed by atoms with Crippen LogP contribution in [0.1, 0.15) is 18.6 Å². The number of hydrogen-bond donors (Lipinski definition) is 1. The number of aliphatic hydroxyl groups is 1. The molecule has 0 fully saturated rings. The minimum atomic E-state index is 0.0106. The van der Waals surface area contributed by atoms with Crippen molar-refractivity contribution in [3.8, 4) is 0 Å². The fourth-order valence-electron chi connectivity index (χ4n) is 2.15. The summed E-state index contributed by atoms with van der Waals surface area (Å²) in [7, 11) is 0. The molecule has 0 saturated carbocycles. The number of benzene rings is 1. The summed E-state index contributed by atoms with van der Waals surface area (Å²) in [4.78, 5) is 4.42. The first-order valence-corrected chi connectivity index (χ1v) is 7.79. The molecule has 1 heterocycles. The summed E-state index contributed by atoms with van der Waals surface area (Å²) >= 11 is 1.72. The fraction of sp³-hybridized carbons (Fsp3) is 0.533. The molecule has 0 aliphatic carbocycles. The molecule has 1 aromatic rings. The molecule has 3 unspecified atom stereocenters. The average molecular weight is 295 g/mol. The van der Waals surface area contributed by atoms with Crippen LogP contribution in [0.3, 0.4) is 0 Å². The van der Waals surface area contributed by atoms with E-state index in [4.69, 9.17) is 14.6 Å². The third-order valence-electron chi connectivity index (χ3n) is 3.18. The van der Waals surface area contributed by atoms with E-state index >= 15 is 0 Å². The molecular weight excluding hydrogens is 274 g/mol. The molecule has 0 radical (unpaired) electrons. The molecule has 0 amide bonds. The van der Waals surface area contributed by atoms with E-state index in [2.05, 4.69) is 24.0 Å². The molecule has 20 heavy (non-hydrogen) atoms. The topological polar surface area (TPSA) is 51.0 Å². The standard InChI is InChI=1S/C15H21NO3S/c1-12-15(20-11-16-12)14(13-5-3-2-4-6-13)19-10-9-18-8-7-17/h2-6,11-12,14-15,17H,7-10H2,1H3. The predicted octanol–water partition coefficient (Wildman–Crippen LogP) is 2.29. The zero-order valence-corrected chi connectivity index (χ0v) is 12.5. The highest BCUT2D eigenvalue weighted by atomic mass is 32.2. The van der Waals surface area contributed by atoms with Crippen LogP contribution in [0.2, 0.25) is 0 Å². The van der Waals surface area contributed by atoms with Gasteiger partial charge in [0, 0.05) is 0 Å². The van der Waals surface area contributed by atoms with Crippen molar-refractivity contribution in [2.45, 2.75) is 24.3 Å². The van der Waals surface area contributed by atoms with Gasteiger partial charge in [-0.3, -0.25) is 4.99 Å². The first-order chi connectivity index (χ1) is 9.83. The third-order valence-corrected chi connectivity index (χ3v) is 4.38. The van der Waals surface area contributed by atoms with Gasteiger partial charge in [0.1, 0.15) is 0 Å². The van der Waals surface area contributed by atoms with Gasteiger partial charge in [0.25, 0.3) is 0 Å². The zero-order chi connectivity index (χ0) is 14.2. The molecule has 110 valence electrons. The van der Waals surface area contributed by atoms with E-state index < -0.39 is 0 Å². The van der Waals surface area contributed by atoms with Gasteiger partial charge in [-0.1, -0.05) is 30.3 Å². The van der Waals surface area contributed by atoms with Gasteiger partial charge in [-0.05, 0) is 12.5 Å². The highest BCUT2D eigenvalue weighted by molar-refractivity contribution is 8.13. The lowest BCUT2D eigenvalue weighted by Gasteiger charge is -2.26. The second-order valence-corrected chi connectivity index (χ2v) is 5.66. The lowest BCUT2D eigenvalue weighted by molar-refractivity contribution is -0.00530. The Bertz CT molecular complexity index is 413. The summed E-state index contributed by atoms with van der Waals surface area (Å²) in [5.41, 5.74) is 3.08. The molecule has 1 aliphatic heterocycles. The van der Waals surface area contributed by atoms with Crippen molar-refractivity contribution in [3.63, 3.8) is 0 Å². The molecule has 0 saturated heterocycles. The molecule has 1 aromatic carbocycles. The van der Waals surface area contributed by atoms with Crippen LogP contribution in [0.25, 0.3) is 0 Å². The monoisotopic (exact) mass is 295 g/mol. The van der Waals surface area contributed by atoms with Crippen LogP contribution in [0.15, 0.2) is 35.3 Å². The van der Waals surface area contributed by atoms with Crippen molar-refractivity contribution < 1.29 is 14.6 Å². The van der Waals surface area contributed by atoms with Gasteiger partial charge in [0.2, 0.25) is 0 Å². The second-order valence-electron chi connectivity index (χ2n) is 4.63. The van der Waals surface area contributed by atoms with E-state index in [1.165, 1.54) is 5.56 Å². The second kappa shape index (κ2) is 8.42. The van der Waals surface area contributed by atoms with Crippen molar-refractivity contribution in [1.29, 1.82) is 0 Å². The van der Waals surface area contributed by atoms with Gasteiger partial charge in [-0.2, -0.15) is 0 Å². The van der Waals surface area contributed by atoms with E-state index in [-0.39, 0.29) is 18.8 Å². The number of ether oxygens (including phenoxy) is 2. The van der Waals surface area contributed by atoms with Crippen molar-refractivity contribution in [1.82, 2.24) is 0 Å². The third kappa shape index (κ3) is 4.31. The first-order valence-electron chi connectivity index (χ1n) is 6.85. The van der Waals surface area contributed by atoms with Gasteiger partial charge in [-0.25, -0.2) is 0 Å². The van der Waals surface area contributed by atoms with Gasteiger partial charge >= 0.3 is 0 Å². The van der Waals surface area contributed by atoms with Gasteiger partial charge in [-0.15, -0.1) is 11.8 Å². The largest absolute Gasteiger partial charge is 0.394 e. The number of aliphatic imine (C=N–C) groups is 1. The predicted molar refractivity (Wildman–Crippen MR) is 82.4 cm³/mol. The Kier molecular flexibility index (Phi) is 6.53. The summed E-state index contributed by atoms with van der Waals surface area (Å²) in [6, 6.07) is 10.5. The van der Waals surface area contributed by atoms with Crippen molar-refractivity contribution in [2.75, 3.05) is 26.4 Å². The Hall–Kier alpha value is -0.880. The minimum Gasteiger partial charge on any atom is -0.394 e. The van der Waals surface area contributed by atoms with Crippen LogP contribution in [0.4, 0.5) is 0 Å². The van der Waals surface area contributed by atoms with E-state index in [1.54, 1.807) is 11.8 Å². The van der Waals surface area contributed by atoms with Crippen LogP contribution in [0, 0.1) is 0 Å². The summed E-state index contributed by atoms with van der Waals surface area (Å²) in [5, 5.41) is 8.98. The molecule has 0 bridgehead atoms. The van der Waals surface area contributed by atoms with Crippen molar-refractivity contribution in [2.24, 2.45) is 4.99 Å². The summed E-state index contributed by atoms with van der Waals surface area (Å²) < 4.78 is 11.3. The Labute approximate surface area is 124 Å². The minimum absolute atomic E-state index is 0.0106. The van der Waals surface area contributed by atoms with E-state index in [9.17, 15) is 0 Å². The molecule has 0 spiro atoms. The quantitative estimate of drug-likeness (QED) is 0.748. The maximum Gasteiger partial charge on any atom is 0.0969 e. The van der Waals surface area contributed by atoms with Crippen LogP contribution >= 0.6 is 11.8 Å². The Morgan fingerprint density at radius 2 is 2.05 bits per heavy atom. The fourth-order valence-corrected chi connectivity index (χ4v) is 3.23. The lowest BCUT2D eigenvalue weighted by atomic mass is 10.0. The maximum absolute atomic E-state index is 8.67. The molecule has 1 N–H and O–H groups in total. The zero-order valence-electron chi connectivity index (χ0n) is 11.6. The molecule has 2 rings (SSSR count). The molecule has 5 heteroatoms. The molecule has 3 atom stereocenters. The normalized spacial score (nSPS) is 23.1. The highest BCUT2D eigenvalue weighted by Gasteiger charge is 2.31. The number of hydrogen-bond acceptors (Lipinski definition) is 5. The summed E-state index contributed by atoms with van der Waals surface area (Å²) in [5.74, 6) is 0. The van der Waals surface area contributed by atoms with Gasteiger partial charge in [0.15, 0.2) is 0 Å². The summed E-state index contributed by atoms with van der Waals surface area (Å²) in [6.45, 7) is 3.53.